The Morgan fingerprint density at radius 3 is 2.60 bits per heavy atom. The molecule has 1 atom stereocenters. The van der Waals surface area contributed by atoms with E-state index < -0.39 is 0 Å². The van der Waals surface area contributed by atoms with Crippen LogP contribution in [0.25, 0.3) is 10.2 Å². The summed E-state index contributed by atoms with van der Waals surface area (Å²) in [6.07, 6.45) is 0.956. The number of methoxy groups -OCH3 is 1. The minimum atomic E-state index is -0.0780. The van der Waals surface area contributed by atoms with Crippen LogP contribution in [0.15, 0.2) is 30.3 Å². The summed E-state index contributed by atoms with van der Waals surface area (Å²) in [5.74, 6) is 2.14. The van der Waals surface area contributed by atoms with E-state index in [4.69, 9.17) is 4.74 Å². The Labute approximate surface area is 181 Å². The monoisotopic (exact) mass is 427 g/mol. The van der Waals surface area contributed by atoms with Gasteiger partial charge in [-0.1, -0.05) is 19.1 Å². The highest BCUT2D eigenvalue weighted by Gasteiger charge is 2.16. The van der Waals surface area contributed by atoms with Gasteiger partial charge in [-0.15, -0.1) is 11.3 Å². The summed E-state index contributed by atoms with van der Waals surface area (Å²) in [6.45, 7) is 4.66. The van der Waals surface area contributed by atoms with Crippen molar-refractivity contribution in [2.75, 3.05) is 39.6 Å². The van der Waals surface area contributed by atoms with Crippen molar-refractivity contribution in [3.8, 4) is 5.75 Å². The number of rotatable bonds is 9. The fraction of sp³-hybridized carbons (Fsp3) is 0.409. The Kier molecular flexibility index (Phi) is 7.23. The van der Waals surface area contributed by atoms with Crippen molar-refractivity contribution >= 4 is 33.3 Å². The van der Waals surface area contributed by atoms with Crippen molar-refractivity contribution in [2.24, 2.45) is 0 Å². The molecule has 30 heavy (non-hydrogen) atoms. The lowest BCUT2D eigenvalue weighted by atomic mass is 10.1. The first-order valence-corrected chi connectivity index (χ1v) is 10.8. The predicted molar refractivity (Wildman–Crippen MR) is 122 cm³/mol. The van der Waals surface area contributed by atoms with Gasteiger partial charge in [0, 0.05) is 11.4 Å². The average molecular weight is 428 g/mol. The highest BCUT2D eigenvalue weighted by Crippen LogP contribution is 2.29. The molecule has 0 spiro atoms. The average Bonchev–Trinajstić information content (AvgIpc) is 3.15. The van der Waals surface area contributed by atoms with Crippen molar-refractivity contribution in [3.63, 3.8) is 0 Å². The number of aromatic nitrogens is 2. The Balaban J connectivity index is 1.62. The molecule has 2 aromatic heterocycles. The smallest absolute Gasteiger partial charge is 0.239 e. The van der Waals surface area contributed by atoms with Crippen molar-refractivity contribution in [3.05, 3.63) is 46.6 Å². The molecule has 1 aromatic carbocycles. The topological polar surface area (TPSA) is 79.4 Å². The third-order valence-corrected chi connectivity index (χ3v) is 6.11. The maximum Gasteiger partial charge on any atom is 0.239 e. The van der Waals surface area contributed by atoms with E-state index in [-0.39, 0.29) is 18.5 Å². The predicted octanol–water partition coefficient (Wildman–Crippen LogP) is 3.40. The van der Waals surface area contributed by atoms with E-state index in [2.05, 4.69) is 38.5 Å². The van der Waals surface area contributed by atoms with Crippen LogP contribution in [0.4, 0.5) is 5.82 Å². The minimum absolute atomic E-state index is 0.0665. The molecule has 3 rings (SSSR count). The number of thiophene rings is 1. The molecule has 7 nitrogen and oxygen atoms in total. The van der Waals surface area contributed by atoms with Crippen molar-refractivity contribution in [1.29, 1.82) is 0 Å². The lowest BCUT2D eigenvalue weighted by molar-refractivity contribution is -0.119. The Morgan fingerprint density at radius 2 is 1.97 bits per heavy atom. The standard InChI is InChI=1S/C22H29N5O2S/c1-6-17-11-18-21(25-14(2)26-22(18)30-17)24-13-20(28)23-12-19(27(3)4)15-7-9-16(29-5)10-8-15/h7-11,19H,6,12-13H2,1-5H3,(H,23,28)(H,24,25,26). The van der Waals surface area contributed by atoms with Gasteiger partial charge in [0.1, 0.15) is 22.2 Å². The summed E-state index contributed by atoms with van der Waals surface area (Å²) in [4.78, 5) is 25.8. The number of nitrogens with one attached hydrogen (secondary N) is 2. The normalized spacial score (nSPS) is 12.2. The number of anilines is 1. The number of ether oxygens (including phenoxy) is 1. The van der Waals surface area contributed by atoms with Crippen LogP contribution in [0.3, 0.4) is 0 Å². The molecule has 3 aromatic rings. The van der Waals surface area contributed by atoms with Gasteiger partial charge in [0.05, 0.1) is 25.1 Å². The molecule has 1 amide bonds. The number of aryl methyl sites for hydroxylation is 2. The van der Waals surface area contributed by atoms with E-state index >= 15 is 0 Å². The zero-order valence-electron chi connectivity index (χ0n) is 18.2. The van der Waals surface area contributed by atoms with Crippen LogP contribution in [0.5, 0.6) is 5.75 Å². The van der Waals surface area contributed by atoms with Gasteiger partial charge in [-0.05, 0) is 51.2 Å². The fourth-order valence-electron chi connectivity index (χ4n) is 3.25. The molecule has 0 saturated heterocycles. The van der Waals surface area contributed by atoms with Gasteiger partial charge in [-0.3, -0.25) is 4.79 Å². The molecular formula is C22H29N5O2S. The number of fused-ring (bicyclic) bond motifs is 1. The van der Waals surface area contributed by atoms with Gasteiger partial charge >= 0.3 is 0 Å². The van der Waals surface area contributed by atoms with Crippen LogP contribution >= 0.6 is 11.3 Å². The van der Waals surface area contributed by atoms with Crippen LogP contribution in [-0.4, -0.2) is 55.1 Å². The number of carbonyl (C=O) groups excluding carboxylic acids is 1. The first-order valence-electron chi connectivity index (χ1n) is 9.99. The van der Waals surface area contributed by atoms with Gasteiger partial charge in [0.2, 0.25) is 5.91 Å². The lowest BCUT2D eigenvalue weighted by Crippen LogP contribution is -2.37. The van der Waals surface area contributed by atoms with Crippen LogP contribution in [0.2, 0.25) is 0 Å². The van der Waals surface area contributed by atoms with Crippen molar-refractivity contribution < 1.29 is 9.53 Å². The molecule has 2 N–H and O–H groups in total. The first kappa shape index (κ1) is 22.0. The van der Waals surface area contributed by atoms with E-state index in [0.717, 1.165) is 28.0 Å². The van der Waals surface area contributed by atoms with Crippen LogP contribution in [-0.2, 0) is 11.2 Å². The number of carbonyl (C=O) groups is 1. The Hall–Kier alpha value is -2.71. The number of amides is 1. The molecule has 0 aliphatic heterocycles. The summed E-state index contributed by atoms with van der Waals surface area (Å²) in [5, 5.41) is 7.18. The van der Waals surface area contributed by atoms with Crippen LogP contribution in [0.1, 0.15) is 29.2 Å². The highest BCUT2D eigenvalue weighted by molar-refractivity contribution is 7.18. The van der Waals surface area contributed by atoms with E-state index in [1.54, 1.807) is 18.4 Å². The van der Waals surface area contributed by atoms with Crippen molar-refractivity contribution in [1.82, 2.24) is 20.2 Å². The molecule has 0 fully saturated rings. The molecule has 1 unspecified atom stereocenters. The molecule has 160 valence electrons. The molecule has 0 radical (unpaired) electrons. The molecular weight excluding hydrogens is 398 g/mol. The van der Waals surface area contributed by atoms with E-state index in [1.807, 2.05) is 45.3 Å². The second-order valence-electron chi connectivity index (χ2n) is 7.31. The summed E-state index contributed by atoms with van der Waals surface area (Å²) in [5.41, 5.74) is 1.12. The van der Waals surface area contributed by atoms with Gasteiger partial charge in [-0.25, -0.2) is 9.97 Å². The second kappa shape index (κ2) is 9.86. The molecule has 0 aliphatic carbocycles. The zero-order valence-corrected chi connectivity index (χ0v) is 19.0. The largest absolute Gasteiger partial charge is 0.497 e. The molecule has 0 aliphatic rings. The van der Waals surface area contributed by atoms with Crippen LogP contribution in [0, 0.1) is 6.92 Å². The lowest BCUT2D eigenvalue weighted by Gasteiger charge is -2.25. The Morgan fingerprint density at radius 1 is 1.23 bits per heavy atom. The molecule has 8 heteroatoms. The SMILES string of the molecule is CCc1cc2c(NCC(=O)NCC(c3ccc(OC)cc3)N(C)C)nc(C)nc2s1. The number of benzene rings is 1. The van der Waals surface area contributed by atoms with E-state index in [0.29, 0.717) is 18.2 Å². The number of hydrogen-bond donors (Lipinski definition) is 2. The highest BCUT2D eigenvalue weighted by atomic mass is 32.1. The molecule has 0 bridgehead atoms. The second-order valence-corrected chi connectivity index (χ2v) is 8.43. The number of nitrogens with zero attached hydrogens (tertiary/aromatic N) is 3. The quantitative estimate of drug-likeness (QED) is 0.545. The third kappa shape index (κ3) is 5.25. The maximum absolute atomic E-state index is 12.5. The summed E-state index contributed by atoms with van der Waals surface area (Å²) < 4.78 is 5.23. The number of likely N-dealkylation sites (N-methyl/N-ethyl adjacent to an activating group) is 1. The van der Waals surface area contributed by atoms with Crippen molar-refractivity contribution in [2.45, 2.75) is 26.3 Å². The van der Waals surface area contributed by atoms with E-state index in [9.17, 15) is 4.79 Å². The van der Waals surface area contributed by atoms with E-state index in [1.165, 1.54) is 4.88 Å². The Bertz CT molecular complexity index is 1000. The fourth-order valence-corrected chi connectivity index (χ4v) is 4.26. The van der Waals surface area contributed by atoms with Gasteiger partial charge in [0.15, 0.2) is 0 Å². The van der Waals surface area contributed by atoms with Gasteiger partial charge in [0.25, 0.3) is 0 Å². The number of hydrogen-bond acceptors (Lipinski definition) is 7. The van der Waals surface area contributed by atoms with Crippen LogP contribution < -0.4 is 15.4 Å². The summed E-state index contributed by atoms with van der Waals surface area (Å²) in [7, 11) is 5.65. The maximum atomic E-state index is 12.5. The summed E-state index contributed by atoms with van der Waals surface area (Å²) >= 11 is 1.67. The third-order valence-electron chi connectivity index (χ3n) is 4.94. The van der Waals surface area contributed by atoms with Gasteiger partial charge < -0.3 is 20.3 Å². The first-order chi connectivity index (χ1) is 14.4. The molecule has 0 saturated carbocycles. The van der Waals surface area contributed by atoms with Gasteiger partial charge in [-0.2, -0.15) is 0 Å². The zero-order chi connectivity index (χ0) is 21.7. The minimum Gasteiger partial charge on any atom is -0.497 e. The molecule has 2 heterocycles. The summed E-state index contributed by atoms with van der Waals surface area (Å²) in [6, 6.07) is 10.1.